The Morgan fingerprint density at radius 3 is 2.23 bits per heavy atom. The number of hydrogen-bond acceptors (Lipinski definition) is 3. The molecule has 1 aliphatic carbocycles. The molecule has 204 valence electrons. The predicted molar refractivity (Wildman–Crippen MR) is 161 cm³/mol. The molecule has 4 nitrogen and oxygen atoms in total. The molecule has 5 rings (SSSR count). The topological polar surface area (TPSA) is 32.5 Å². The molecule has 0 N–H and O–H groups in total. The van der Waals surface area contributed by atoms with E-state index in [9.17, 15) is 4.79 Å². The summed E-state index contributed by atoms with van der Waals surface area (Å²) in [6.45, 7) is 15.4. The minimum atomic E-state index is -0.198. The molecule has 2 aromatic rings. The minimum Gasteiger partial charge on any atom is -0.495 e. The summed E-state index contributed by atoms with van der Waals surface area (Å²) >= 11 is 0. The Morgan fingerprint density at radius 2 is 1.54 bits per heavy atom. The van der Waals surface area contributed by atoms with Gasteiger partial charge in [-0.15, -0.1) is 0 Å². The van der Waals surface area contributed by atoms with Crippen LogP contribution in [-0.4, -0.2) is 36.3 Å². The number of nitrogens with zero attached hydrogens (tertiary/aromatic N) is 2. The minimum absolute atomic E-state index is 0.0660. The number of para-hydroxylation sites is 2. The van der Waals surface area contributed by atoms with Crippen LogP contribution in [0.3, 0.4) is 0 Å². The maximum absolute atomic E-state index is 13.8. The molecule has 0 saturated heterocycles. The van der Waals surface area contributed by atoms with Crippen LogP contribution in [0.15, 0.2) is 83.3 Å². The molecule has 0 fully saturated rings. The van der Waals surface area contributed by atoms with Gasteiger partial charge in [-0.25, -0.2) is 0 Å². The van der Waals surface area contributed by atoms with Crippen LogP contribution < -0.4 is 4.90 Å². The fourth-order valence-electron chi connectivity index (χ4n) is 6.51. The van der Waals surface area contributed by atoms with E-state index in [0.29, 0.717) is 16.9 Å². The van der Waals surface area contributed by atoms with Gasteiger partial charge in [-0.05, 0) is 38.0 Å². The lowest BCUT2D eigenvalue weighted by Gasteiger charge is -2.30. The summed E-state index contributed by atoms with van der Waals surface area (Å²) in [6.07, 6.45) is 8.63. The zero-order valence-corrected chi connectivity index (χ0v) is 24.7. The molecule has 39 heavy (non-hydrogen) atoms. The quantitative estimate of drug-likeness (QED) is 0.249. The number of methoxy groups -OCH3 is 1. The summed E-state index contributed by atoms with van der Waals surface area (Å²) in [4.78, 5) is 16.2. The molecule has 3 aliphatic rings. The van der Waals surface area contributed by atoms with Crippen LogP contribution in [0.2, 0.25) is 0 Å². The van der Waals surface area contributed by atoms with Crippen molar-refractivity contribution in [2.24, 2.45) is 0 Å². The summed E-state index contributed by atoms with van der Waals surface area (Å²) in [5, 5.41) is 0. The molecule has 0 bridgehead atoms. The normalized spacial score (nSPS) is 21.1. The number of hydrogen-bond donors (Lipinski definition) is 0. The number of fused-ring (bicyclic) bond motifs is 2. The summed E-state index contributed by atoms with van der Waals surface area (Å²) in [5.41, 5.74) is 8.40. The van der Waals surface area contributed by atoms with Crippen LogP contribution >= 0.6 is 0 Å². The Bertz CT molecular complexity index is 1430. The fraction of sp³-hybridized carbons (Fsp3) is 0.429. The number of benzene rings is 2. The van der Waals surface area contributed by atoms with Crippen molar-refractivity contribution in [3.8, 4) is 0 Å². The largest absolute Gasteiger partial charge is 0.495 e. The van der Waals surface area contributed by atoms with Gasteiger partial charge in [0.25, 0.3) is 0 Å². The molecule has 0 atom stereocenters. The van der Waals surface area contributed by atoms with E-state index in [-0.39, 0.29) is 16.6 Å². The van der Waals surface area contributed by atoms with Crippen molar-refractivity contribution in [1.82, 2.24) is 0 Å². The Balaban J connectivity index is 1.60. The molecule has 0 radical (unpaired) electrons. The van der Waals surface area contributed by atoms with E-state index in [1.165, 1.54) is 33.9 Å². The van der Waals surface area contributed by atoms with Crippen molar-refractivity contribution in [3.05, 3.63) is 94.4 Å². The van der Waals surface area contributed by atoms with Gasteiger partial charge in [-0.3, -0.25) is 4.79 Å². The number of rotatable bonds is 9. The third kappa shape index (κ3) is 4.29. The van der Waals surface area contributed by atoms with Crippen molar-refractivity contribution >= 4 is 22.9 Å². The van der Waals surface area contributed by atoms with Gasteiger partial charge in [-0.2, -0.15) is 4.58 Å². The Kier molecular flexibility index (Phi) is 7.17. The Hall–Kier alpha value is -3.40. The number of Topliss-reactive ketones (excluding diaryl/α,β-unsaturated/α-hetero) is 1. The molecule has 0 saturated carbocycles. The highest BCUT2D eigenvalue weighted by Gasteiger charge is 2.47. The third-order valence-corrected chi connectivity index (χ3v) is 8.81. The molecule has 4 heteroatoms. The number of ether oxygens (including phenoxy) is 1. The van der Waals surface area contributed by atoms with E-state index >= 15 is 0 Å². The number of ketones is 1. The molecule has 0 aromatic heterocycles. The zero-order valence-electron chi connectivity index (χ0n) is 24.7. The number of carbonyl (C=O) groups is 1. The fourth-order valence-corrected chi connectivity index (χ4v) is 6.51. The second-order valence-electron chi connectivity index (χ2n) is 12.0. The summed E-state index contributed by atoms with van der Waals surface area (Å²) in [5.74, 6) is 0.764. The second kappa shape index (κ2) is 10.3. The number of anilines is 1. The Labute approximate surface area is 234 Å². The monoisotopic (exact) mass is 523 g/mol. The van der Waals surface area contributed by atoms with Crippen LogP contribution in [0, 0.1) is 0 Å². The zero-order chi connectivity index (χ0) is 27.9. The van der Waals surface area contributed by atoms with Gasteiger partial charge in [0.2, 0.25) is 11.5 Å². The van der Waals surface area contributed by atoms with Crippen molar-refractivity contribution in [3.63, 3.8) is 0 Å². The highest BCUT2D eigenvalue weighted by molar-refractivity contribution is 6.24. The van der Waals surface area contributed by atoms with Crippen LogP contribution in [-0.2, 0) is 20.4 Å². The summed E-state index contributed by atoms with van der Waals surface area (Å²) in [7, 11) is 1.69. The number of unbranched alkanes of at least 4 members (excludes halogenated alkanes) is 2. The molecule has 0 amide bonds. The van der Waals surface area contributed by atoms with Gasteiger partial charge in [0.15, 0.2) is 5.71 Å². The molecular weight excluding hydrogens is 480 g/mol. The van der Waals surface area contributed by atoms with E-state index in [4.69, 9.17) is 4.74 Å². The third-order valence-electron chi connectivity index (χ3n) is 8.81. The summed E-state index contributed by atoms with van der Waals surface area (Å²) in [6, 6.07) is 17.3. The van der Waals surface area contributed by atoms with Crippen LogP contribution in [0.5, 0.6) is 0 Å². The van der Waals surface area contributed by atoms with Gasteiger partial charge < -0.3 is 9.64 Å². The molecule has 0 unspecified atom stereocenters. The molecular formula is C35H43N2O2+. The van der Waals surface area contributed by atoms with E-state index in [2.05, 4.69) is 112 Å². The Morgan fingerprint density at radius 1 is 0.872 bits per heavy atom. The average Bonchev–Trinajstić information content (AvgIpc) is 3.28. The van der Waals surface area contributed by atoms with E-state index in [0.717, 1.165) is 38.8 Å². The highest BCUT2D eigenvalue weighted by Crippen LogP contribution is 2.49. The smallest absolute Gasteiger partial charge is 0.209 e. The van der Waals surface area contributed by atoms with Crippen LogP contribution in [0.25, 0.3) is 0 Å². The molecule has 2 aliphatic heterocycles. The predicted octanol–water partition coefficient (Wildman–Crippen LogP) is 7.75. The van der Waals surface area contributed by atoms with Gasteiger partial charge in [0.05, 0.1) is 23.7 Å². The van der Waals surface area contributed by atoms with Crippen molar-refractivity contribution in [1.29, 1.82) is 0 Å². The SMILES string of the molecule is CCCCN1C(=CC2=C(OC)/C(=C\C3=[N+](CCCC)c4ccccc4C3(C)C)C2=O)C(C)(C)c2ccccc21. The first-order valence-corrected chi connectivity index (χ1v) is 14.6. The lowest BCUT2D eigenvalue weighted by Crippen LogP contribution is -2.32. The second-order valence-corrected chi connectivity index (χ2v) is 12.0. The van der Waals surface area contributed by atoms with E-state index < -0.39 is 0 Å². The van der Waals surface area contributed by atoms with Crippen molar-refractivity contribution in [2.45, 2.75) is 78.1 Å². The van der Waals surface area contributed by atoms with Gasteiger partial charge >= 0.3 is 0 Å². The summed E-state index contributed by atoms with van der Waals surface area (Å²) < 4.78 is 8.33. The average molecular weight is 524 g/mol. The van der Waals surface area contributed by atoms with Gasteiger partial charge in [0.1, 0.15) is 12.3 Å². The number of allylic oxidation sites excluding steroid dienone is 5. The lowest BCUT2D eigenvalue weighted by molar-refractivity contribution is -0.438. The van der Waals surface area contributed by atoms with Gasteiger partial charge in [-0.1, -0.05) is 76.9 Å². The maximum atomic E-state index is 13.8. The van der Waals surface area contributed by atoms with E-state index in [1.807, 2.05) is 0 Å². The first-order chi connectivity index (χ1) is 18.7. The van der Waals surface area contributed by atoms with E-state index in [1.54, 1.807) is 7.11 Å². The van der Waals surface area contributed by atoms with Crippen LogP contribution in [0.4, 0.5) is 11.4 Å². The highest BCUT2D eigenvalue weighted by atomic mass is 16.5. The van der Waals surface area contributed by atoms with Gasteiger partial charge in [0, 0.05) is 47.5 Å². The van der Waals surface area contributed by atoms with Crippen molar-refractivity contribution < 1.29 is 14.1 Å². The standard InChI is InChI=1S/C35H43N2O2/c1-8-10-20-36-28-18-14-12-16-26(28)34(3,4)30(36)22-24-32(38)25(33(24)39-7)23-31-35(5,6)27-17-13-15-19-29(27)37(31)21-11-9-2/h12-19,22-23H,8-11,20-21H2,1-7H3/q+1. The van der Waals surface area contributed by atoms with Crippen molar-refractivity contribution in [2.75, 3.05) is 25.1 Å². The lowest BCUT2D eigenvalue weighted by atomic mass is 9.77. The maximum Gasteiger partial charge on any atom is 0.209 e. The van der Waals surface area contributed by atoms with Crippen LogP contribution in [0.1, 0.15) is 78.4 Å². The first-order valence-electron chi connectivity index (χ1n) is 14.6. The molecule has 2 heterocycles. The first kappa shape index (κ1) is 27.2. The molecule has 2 aromatic carbocycles. The molecule has 0 spiro atoms. The number of carbonyl (C=O) groups excluding carboxylic acids is 1.